The third-order valence-electron chi connectivity index (χ3n) is 3.75. The van der Waals surface area contributed by atoms with Gasteiger partial charge in [-0.1, -0.05) is 50.2 Å². The van der Waals surface area contributed by atoms with Crippen LogP contribution in [0, 0.1) is 0 Å². The minimum atomic E-state index is 0. The number of benzene rings is 2. The lowest BCUT2D eigenvalue weighted by Crippen LogP contribution is -2.21. The lowest BCUT2D eigenvalue weighted by Gasteiger charge is -2.18. The number of hydrogen-bond acceptors (Lipinski definition) is 2. The number of nitrogens with zero attached hydrogens (tertiary/aromatic N) is 1. The molecule has 0 atom stereocenters. The van der Waals surface area contributed by atoms with Crippen LogP contribution in [0.15, 0.2) is 48.5 Å². The highest BCUT2D eigenvalue weighted by Crippen LogP contribution is 2.23. The molecule has 2 nitrogen and oxygen atoms in total. The fraction of sp³-hybridized carbons (Fsp3) is 0.368. The Morgan fingerprint density at radius 2 is 1.27 bits per heavy atom. The Kier molecular flexibility index (Phi) is 8.00. The average Bonchev–Trinajstić information content (AvgIpc) is 2.54. The number of hydrogen-bond donors (Lipinski definition) is 0. The molecule has 0 spiro atoms. The van der Waals surface area contributed by atoms with E-state index in [-0.39, 0.29) is 12.4 Å². The van der Waals surface area contributed by atoms with Crippen molar-refractivity contribution in [3.63, 3.8) is 0 Å². The summed E-state index contributed by atoms with van der Waals surface area (Å²) in [5.41, 5.74) is 3.85. The smallest absolute Gasteiger partial charge is 0.119 e. The van der Waals surface area contributed by atoms with Crippen LogP contribution in [0.3, 0.4) is 0 Å². The van der Waals surface area contributed by atoms with Crippen LogP contribution < -0.4 is 4.74 Å². The standard InChI is InChI=1S/C19H25NO.ClH/c1-4-20(5-2)15-16-7-9-17(10-8-16)18-11-13-19(14-12-18)21-6-3;/h7-14H,4-6,15H2,1-3H3;1H. The van der Waals surface area contributed by atoms with E-state index >= 15 is 0 Å². The average molecular weight is 320 g/mol. The Morgan fingerprint density at radius 3 is 1.73 bits per heavy atom. The number of halogens is 1. The topological polar surface area (TPSA) is 12.5 Å². The zero-order valence-corrected chi connectivity index (χ0v) is 14.5. The molecule has 2 aromatic carbocycles. The van der Waals surface area contributed by atoms with Crippen LogP contribution in [-0.4, -0.2) is 24.6 Å². The molecule has 0 amide bonds. The summed E-state index contributed by atoms with van der Waals surface area (Å²) in [7, 11) is 0. The fourth-order valence-electron chi connectivity index (χ4n) is 2.42. The van der Waals surface area contributed by atoms with Crippen molar-refractivity contribution in [2.75, 3.05) is 19.7 Å². The van der Waals surface area contributed by atoms with E-state index in [0.29, 0.717) is 6.61 Å². The molecule has 0 N–H and O–H groups in total. The first-order valence-corrected chi connectivity index (χ1v) is 7.81. The van der Waals surface area contributed by atoms with Crippen LogP contribution in [0.1, 0.15) is 26.3 Å². The molecule has 0 bridgehead atoms. The zero-order valence-electron chi connectivity index (χ0n) is 13.7. The summed E-state index contributed by atoms with van der Waals surface area (Å²) < 4.78 is 5.48. The van der Waals surface area contributed by atoms with Crippen LogP contribution in [0.4, 0.5) is 0 Å². The van der Waals surface area contributed by atoms with Crippen LogP contribution >= 0.6 is 12.4 Å². The lowest BCUT2D eigenvalue weighted by molar-refractivity contribution is 0.296. The molecule has 0 aliphatic heterocycles. The molecule has 0 heterocycles. The fourth-order valence-corrected chi connectivity index (χ4v) is 2.42. The first-order chi connectivity index (χ1) is 10.3. The van der Waals surface area contributed by atoms with Gasteiger partial charge in [-0.05, 0) is 48.8 Å². The molecule has 0 aromatic heterocycles. The van der Waals surface area contributed by atoms with Crippen molar-refractivity contribution in [1.82, 2.24) is 4.90 Å². The molecular weight excluding hydrogens is 294 g/mol. The maximum atomic E-state index is 5.48. The molecule has 0 aliphatic carbocycles. The SMILES string of the molecule is CCOc1ccc(-c2ccc(CN(CC)CC)cc2)cc1.Cl. The van der Waals surface area contributed by atoms with Gasteiger partial charge in [0, 0.05) is 6.54 Å². The Labute approximate surface area is 140 Å². The van der Waals surface area contributed by atoms with Crippen molar-refractivity contribution < 1.29 is 4.74 Å². The van der Waals surface area contributed by atoms with E-state index in [1.807, 2.05) is 19.1 Å². The minimum absolute atomic E-state index is 0. The van der Waals surface area contributed by atoms with Crippen molar-refractivity contribution in [1.29, 1.82) is 0 Å². The summed E-state index contributed by atoms with van der Waals surface area (Å²) in [6.07, 6.45) is 0. The lowest BCUT2D eigenvalue weighted by atomic mass is 10.0. The van der Waals surface area contributed by atoms with E-state index in [2.05, 4.69) is 55.1 Å². The van der Waals surface area contributed by atoms with Crippen molar-refractivity contribution in [3.8, 4) is 16.9 Å². The minimum Gasteiger partial charge on any atom is -0.494 e. The molecule has 120 valence electrons. The molecule has 0 fully saturated rings. The van der Waals surface area contributed by atoms with E-state index in [9.17, 15) is 0 Å². The predicted molar refractivity (Wildman–Crippen MR) is 96.9 cm³/mol. The summed E-state index contributed by atoms with van der Waals surface area (Å²) in [5, 5.41) is 0. The molecule has 3 heteroatoms. The second-order valence-electron chi connectivity index (χ2n) is 5.12. The summed E-state index contributed by atoms with van der Waals surface area (Å²) in [4.78, 5) is 2.42. The van der Waals surface area contributed by atoms with Crippen molar-refractivity contribution >= 4 is 12.4 Å². The first kappa shape index (κ1) is 18.5. The van der Waals surface area contributed by atoms with Gasteiger partial charge in [-0.3, -0.25) is 4.90 Å². The Hall–Kier alpha value is -1.51. The number of rotatable bonds is 7. The molecule has 2 aromatic rings. The maximum absolute atomic E-state index is 5.48. The summed E-state index contributed by atoms with van der Waals surface area (Å²) in [6.45, 7) is 10.3. The summed E-state index contributed by atoms with van der Waals surface area (Å²) in [6, 6.07) is 17.2. The van der Waals surface area contributed by atoms with Gasteiger partial charge in [0.25, 0.3) is 0 Å². The first-order valence-electron chi connectivity index (χ1n) is 7.81. The van der Waals surface area contributed by atoms with Crippen LogP contribution in [0.2, 0.25) is 0 Å². The highest BCUT2D eigenvalue weighted by molar-refractivity contribution is 5.85. The van der Waals surface area contributed by atoms with Gasteiger partial charge in [0.2, 0.25) is 0 Å². The highest BCUT2D eigenvalue weighted by Gasteiger charge is 2.02. The van der Waals surface area contributed by atoms with Gasteiger partial charge in [-0.2, -0.15) is 0 Å². The molecule has 0 radical (unpaired) electrons. The quantitative estimate of drug-likeness (QED) is 0.710. The molecule has 22 heavy (non-hydrogen) atoms. The summed E-state index contributed by atoms with van der Waals surface area (Å²) in [5.74, 6) is 0.930. The predicted octanol–water partition coefficient (Wildman–Crippen LogP) is 5.02. The molecule has 0 unspecified atom stereocenters. The molecule has 0 aliphatic rings. The second kappa shape index (κ2) is 9.50. The second-order valence-corrected chi connectivity index (χ2v) is 5.12. The molecule has 0 saturated carbocycles. The largest absolute Gasteiger partial charge is 0.494 e. The third-order valence-corrected chi connectivity index (χ3v) is 3.75. The van der Waals surface area contributed by atoms with Gasteiger partial charge in [-0.25, -0.2) is 0 Å². The van der Waals surface area contributed by atoms with Crippen LogP contribution in [0.5, 0.6) is 5.75 Å². The van der Waals surface area contributed by atoms with Gasteiger partial charge in [-0.15, -0.1) is 12.4 Å². The Bertz CT molecular complexity index is 532. The van der Waals surface area contributed by atoms with E-state index in [4.69, 9.17) is 4.74 Å². The van der Waals surface area contributed by atoms with Crippen molar-refractivity contribution in [3.05, 3.63) is 54.1 Å². The van der Waals surface area contributed by atoms with Gasteiger partial charge >= 0.3 is 0 Å². The highest BCUT2D eigenvalue weighted by atomic mass is 35.5. The Morgan fingerprint density at radius 1 is 0.773 bits per heavy atom. The van der Waals surface area contributed by atoms with Crippen LogP contribution in [0.25, 0.3) is 11.1 Å². The van der Waals surface area contributed by atoms with E-state index in [1.54, 1.807) is 0 Å². The summed E-state index contributed by atoms with van der Waals surface area (Å²) >= 11 is 0. The normalized spacial score (nSPS) is 10.4. The molecular formula is C19H26ClNO. The monoisotopic (exact) mass is 319 g/mol. The van der Waals surface area contributed by atoms with Crippen LogP contribution in [-0.2, 0) is 6.54 Å². The van der Waals surface area contributed by atoms with Crippen molar-refractivity contribution in [2.45, 2.75) is 27.3 Å². The van der Waals surface area contributed by atoms with E-state index in [1.165, 1.54) is 16.7 Å². The van der Waals surface area contributed by atoms with Gasteiger partial charge in [0.05, 0.1) is 6.61 Å². The molecule has 0 saturated heterocycles. The maximum Gasteiger partial charge on any atom is 0.119 e. The van der Waals surface area contributed by atoms with Gasteiger partial charge in [0.15, 0.2) is 0 Å². The molecule has 2 rings (SSSR count). The van der Waals surface area contributed by atoms with E-state index in [0.717, 1.165) is 25.4 Å². The van der Waals surface area contributed by atoms with E-state index < -0.39 is 0 Å². The Balaban J connectivity index is 0.00000242. The van der Waals surface area contributed by atoms with Gasteiger partial charge in [0.1, 0.15) is 5.75 Å². The van der Waals surface area contributed by atoms with Gasteiger partial charge < -0.3 is 4.74 Å². The number of ether oxygens (including phenoxy) is 1. The third kappa shape index (κ3) is 5.04. The van der Waals surface area contributed by atoms with Crippen molar-refractivity contribution in [2.24, 2.45) is 0 Å². The zero-order chi connectivity index (χ0) is 15.1.